The van der Waals surface area contributed by atoms with Crippen LogP contribution in [-0.4, -0.2) is 202 Å². The topological polar surface area (TPSA) is 261 Å². The smallest absolute Gasteiger partial charge is 0.475 e. The van der Waals surface area contributed by atoms with Crippen molar-refractivity contribution in [1.29, 1.82) is 0 Å². The second-order valence-corrected chi connectivity index (χ2v) is 14.3. The lowest BCUT2D eigenvalue weighted by molar-refractivity contribution is -0.140. The molecule has 0 unspecified atom stereocenters. The van der Waals surface area contributed by atoms with Crippen LogP contribution in [0.25, 0.3) is 0 Å². The Labute approximate surface area is 326 Å². The Balaban J connectivity index is 1.42. The number of nitrogens with one attached hydrogen (secondary N) is 2. The fraction of sp³-hybridized carbons (Fsp3) is 0.639. The van der Waals surface area contributed by atoms with E-state index in [2.05, 4.69) is 10.6 Å². The van der Waals surface area contributed by atoms with E-state index in [9.17, 15) is 58.9 Å². The number of likely N-dealkylation sites (tertiary alicyclic amines) is 1. The Morgan fingerprint density at radius 3 is 1.61 bits per heavy atom. The second kappa shape index (κ2) is 23.6. The highest BCUT2D eigenvalue weighted by atomic mass is 16.4. The van der Waals surface area contributed by atoms with E-state index in [1.165, 1.54) is 24.0 Å². The van der Waals surface area contributed by atoms with E-state index in [0.717, 1.165) is 0 Å². The number of aliphatic carboxylic acids is 3. The highest BCUT2D eigenvalue weighted by Gasteiger charge is 2.38. The predicted molar refractivity (Wildman–Crippen MR) is 203 cm³/mol. The Bertz CT molecular complexity index is 1470. The van der Waals surface area contributed by atoms with Crippen LogP contribution in [0, 0.1) is 0 Å². The maximum atomic E-state index is 12.9. The number of Topliss-reactive ketones (excluding diaryl/α,β-unsaturated/α-hetero) is 1. The van der Waals surface area contributed by atoms with Crippen molar-refractivity contribution < 1.29 is 58.9 Å². The molecule has 2 saturated heterocycles. The molecule has 1 aromatic rings. The van der Waals surface area contributed by atoms with Crippen molar-refractivity contribution in [2.24, 2.45) is 0 Å². The highest BCUT2D eigenvalue weighted by molar-refractivity contribution is 6.43. The number of ketones is 1. The molecule has 19 nitrogen and oxygen atoms in total. The number of carbonyl (C=O) groups is 7. The summed E-state index contributed by atoms with van der Waals surface area (Å²) in [6, 6.07) is 5.23. The van der Waals surface area contributed by atoms with Gasteiger partial charge in [0.25, 0.3) is 5.91 Å². The van der Waals surface area contributed by atoms with Crippen LogP contribution in [0.2, 0.25) is 0 Å². The first-order valence-electron chi connectivity index (χ1n) is 19.0. The number of hydrogen-bond donors (Lipinski definition) is 7. The lowest BCUT2D eigenvalue weighted by Gasteiger charge is -2.32. The van der Waals surface area contributed by atoms with E-state index in [1.807, 2.05) is 4.90 Å². The quantitative estimate of drug-likeness (QED) is 0.0461. The molecule has 2 fully saturated rings. The third-order valence-corrected chi connectivity index (χ3v) is 9.89. The molecule has 0 aliphatic carbocycles. The summed E-state index contributed by atoms with van der Waals surface area (Å²) in [7, 11) is -1.65. The summed E-state index contributed by atoms with van der Waals surface area (Å²) in [5, 5.41) is 52.7. The van der Waals surface area contributed by atoms with Crippen LogP contribution >= 0.6 is 0 Å². The van der Waals surface area contributed by atoms with Crippen LogP contribution in [0.3, 0.4) is 0 Å². The first-order chi connectivity index (χ1) is 26.6. The highest BCUT2D eigenvalue weighted by Crippen LogP contribution is 2.19. The lowest BCUT2D eigenvalue weighted by Crippen LogP contribution is -2.52. The molecular formula is C36H56BN7O12. The predicted octanol–water partition coefficient (Wildman–Crippen LogP) is -1.86. The number of nitrogens with zero attached hydrogens (tertiary/aromatic N) is 5. The molecule has 3 rings (SSSR count). The number of hydrogen-bond acceptors (Lipinski definition) is 13. The Morgan fingerprint density at radius 2 is 1.14 bits per heavy atom. The van der Waals surface area contributed by atoms with Gasteiger partial charge in [-0.1, -0.05) is 18.6 Å². The number of unbranched alkanes of at least 4 members (excludes halogenated alkanes) is 2. The Morgan fingerprint density at radius 1 is 0.679 bits per heavy atom. The molecule has 0 saturated carbocycles. The van der Waals surface area contributed by atoms with Crippen LogP contribution in [0.5, 0.6) is 0 Å². The average molecular weight is 790 g/mol. The SMILES string of the molecule is C[C@@H](NC(=O)c1ccc(C(=O)CCCCCNC(=O)CN2CCN(CC(=O)O)CCN(CC(=O)O)CCN(CC(=O)O)CC2)cc1)C(=O)N1CCC[C@H]1B(O)O. The van der Waals surface area contributed by atoms with Gasteiger partial charge in [-0.05, 0) is 44.7 Å². The molecule has 0 spiro atoms. The summed E-state index contributed by atoms with van der Waals surface area (Å²) >= 11 is 0. The molecule has 0 bridgehead atoms. The van der Waals surface area contributed by atoms with Crippen LogP contribution in [0.15, 0.2) is 24.3 Å². The molecule has 20 heteroatoms. The lowest BCUT2D eigenvalue weighted by atomic mass is 9.78. The third-order valence-electron chi connectivity index (χ3n) is 9.89. The molecule has 2 heterocycles. The van der Waals surface area contributed by atoms with E-state index in [4.69, 9.17) is 0 Å². The van der Waals surface area contributed by atoms with Gasteiger partial charge in [0.05, 0.1) is 32.1 Å². The molecule has 310 valence electrons. The van der Waals surface area contributed by atoms with Gasteiger partial charge in [-0.3, -0.25) is 53.2 Å². The normalized spacial score (nSPS) is 18.6. The maximum absolute atomic E-state index is 12.9. The van der Waals surface area contributed by atoms with Crippen LogP contribution in [0.4, 0.5) is 0 Å². The summed E-state index contributed by atoms with van der Waals surface area (Å²) in [6.07, 6.45) is 3.23. The number of benzene rings is 1. The largest absolute Gasteiger partial charge is 0.480 e. The maximum Gasteiger partial charge on any atom is 0.475 e. The van der Waals surface area contributed by atoms with Gasteiger partial charge < -0.3 is 40.9 Å². The molecule has 1 aromatic carbocycles. The summed E-state index contributed by atoms with van der Waals surface area (Å²) in [5.41, 5.74) is 0.702. The van der Waals surface area contributed by atoms with Gasteiger partial charge in [0.2, 0.25) is 11.8 Å². The van der Waals surface area contributed by atoms with Crippen molar-refractivity contribution in [1.82, 2.24) is 35.1 Å². The minimum Gasteiger partial charge on any atom is -0.480 e. The molecule has 2 aliphatic heterocycles. The monoisotopic (exact) mass is 789 g/mol. The fourth-order valence-electron chi connectivity index (χ4n) is 6.78. The molecule has 2 atom stereocenters. The van der Waals surface area contributed by atoms with Crippen molar-refractivity contribution in [2.45, 2.75) is 57.4 Å². The summed E-state index contributed by atoms with van der Waals surface area (Å²) < 4.78 is 0. The molecule has 0 aromatic heterocycles. The van der Waals surface area contributed by atoms with Crippen LogP contribution < -0.4 is 10.6 Å². The zero-order chi connectivity index (χ0) is 41.2. The number of carboxylic acids is 3. The van der Waals surface area contributed by atoms with Crippen molar-refractivity contribution in [3.05, 3.63) is 35.4 Å². The number of rotatable bonds is 19. The number of amides is 3. The molecule has 0 radical (unpaired) electrons. The first-order valence-corrected chi connectivity index (χ1v) is 19.0. The van der Waals surface area contributed by atoms with E-state index < -0.39 is 48.8 Å². The van der Waals surface area contributed by atoms with Gasteiger partial charge in [0.15, 0.2) is 5.78 Å². The summed E-state index contributed by atoms with van der Waals surface area (Å²) in [6.45, 7) is 3.96. The second-order valence-electron chi connectivity index (χ2n) is 14.3. The third kappa shape index (κ3) is 16.3. The molecule has 3 amide bonds. The van der Waals surface area contributed by atoms with E-state index in [1.54, 1.807) is 26.8 Å². The molecular weight excluding hydrogens is 733 g/mol. The average Bonchev–Trinajstić information content (AvgIpc) is 3.64. The molecule has 56 heavy (non-hydrogen) atoms. The molecule has 2 aliphatic rings. The minimum atomic E-state index is -1.65. The van der Waals surface area contributed by atoms with E-state index in [0.29, 0.717) is 76.9 Å². The number of carboxylic acid groups (broad SMARTS) is 3. The summed E-state index contributed by atoms with van der Waals surface area (Å²) in [4.78, 5) is 93.9. The van der Waals surface area contributed by atoms with Crippen molar-refractivity contribution >= 4 is 48.5 Å². The first kappa shape index (κ1) is 45.9. The molecule has 7 N–H and O–H groups in total. The van der Waals surface area contributed by atoms with Gasteiger partial charge in [-0.2, -0.15) is 0 Å². The fourth-order valence-corrected chi connectivity index (χ4v) is 6.78. The minimum absolute atomic E-state index is 0.0153. The Kier molecular flexibility index (Phi) is 19.3. The van der Waals surface area contributed by atoms with Gasteiger partial charge in [0, 0.05) is 83.0 Å². The van der Waals surface area contributed by atoms with Crippen LogP contribution in [0.1, 0.15) is 66.2 Å². The zero-order valence-corrected chi connectivity index (χ0v) is 32.0. The van der Waals surface area contributed by atoms with Gasteiger partial charge in [0.1, 0.15) is 6.04 Å². The zero-order valence-electron chi connectivity index (χ0n) is 32.0. The van der Waals surface area contributed by atoms with Crippen molar-refractivity contribution in [3.8, 4) is 0 Å². The Hall–Kier alpha value is -4.47. The van der Waals surface area contributed by atoms with E-state index >= 15 is 0 Å². The van der Waals surface area contributed by atoms with Crippen LogP contribution in [-0.2, 0) is 24.0 Å². The summed E-state index contributed by atoms with van der Waals surface area (Å²) in [5.74, 6) is -5.06. The number of carbonyl (C=O) groups excluding carboxylic acids is 4. The van der Waals surface area contributed by atoms with Crippen molar-refractivity contribution in [2.75, 3.05) is 91.6 Å². The van der Waals surface area contributed by atoms with Gasteiger partial charge in [-0.15, -0.1) is 0 Å². The van der Waals surface area contributed by atoms with Gasteiger partial charge >= 0.3 is 25.0 Å². The van der Waals surface area contributed by atoms with Gasteiger partial charge in [-0.25, -0.2) is 0 Å². The van der Waals surface area contributed by atoms with E-state index in [-0.39, 0.29) is 76.0 Å². The van der Waals surface area contributed by atoms with Crippen molar-refractivity contribution in [3.63, 3.8) is 0 Å². The standard InChI is InChI=1S/C36H56BN7O12/c1-26(36(54)44-13-5-7-30(44)37(55)56)39-35(53)28-10-8-27(9-11-28)29(45)6-3-2-4-12-38-31(46)22-40-14-16-41(23-32(47)48)18-20-43(25-34(51)52)21-19-42(17-15-40)24-33(49)50/h8-11,26,30,55-56H,2-7,12-25H2,1H3,(H,38,46)(H,39,53)(H,47,48)(H,49,50)(H,51,52)/t26-,30+/m1/s1.